The molecule has 21 heavy (non-hydrogen) atoms. The molecular weight excluding hydrogens is 290 g/mol. The molecule has 0 amide bonds. The second-order valence-electron chi connectivity index (χ2n) is 4.20. The van der Waals surface area contributed by atoms with Crippen LogP contribution in [0.25, 0.3) is 0 Å². The summed E-state index contributed by atoms with van der Waals surface area (Å²) in [5.41, 5.74) is -0.242. The Labute approximate surface area is 119 Å². The number of carbonyl (C=O) groups is 1. The summed E-state index contributed by atoms with van der Waals surface area (Å²) in [6.45, 7) is 1.09. The number of esters is 1. The summed E-state index contributed by atoms with van der Waals surface area (Å²) in [7, 11) is 1.32. The molecule has 1 unspecified atom stereocenters. The van der Waals surface area contributed by atoms with Crippen molar-refractivity contribution in [2.75, 3.05) is 20.5 Å². The number of carbonyl (C=O) groups excluding carboxylic acids is 1. The van der Waals surface area contributed by atoms with Crippen LogP contribution in [0.15, 0.2) is 12.1 Å². The third-order valence-electron chi connectivity index (χ3n) is 2.89. The van der Waals surface area contributed by atoms with Crippen LogP contribution in [0.2, 0.25) is 0 Å². The monoisotopic (exact) mass is 304 g/mol. The van der Waals surface area contributed by atoms with Crippen molar-refractivity contribution >= 4 is 5.97 Å². The van der Waals surface area contributed by atoms with Crippen LogP contribution in [0.1, 0.15) is 18.6 Å². The minimum atomic E-state index is -4.09. The van der Waals surface area contributed by atoms with Gasteiger partial charge in [0.25, 0.3) is 0 Å². The number of alkyl halides is 2. The third kappa shape index (κ3) is 2.71. The van der Waals surface area contributed by atoms with Crippen molar-refractivity contribution in [3.8, 4) is 17.2 Å². The van der Waals surface area contributed by atoms with Gasteiger partial charge in [-0.2, -0.15) is 8.78 Å². The molecule has 6 nitrogen and oxygen atoms in total. The highest BCUT2D eigenvalue weighted by atomic mass is 19.3. The Hall–Kier alpha value is -2.09. The topological polar surface area (TPSA) is 74.2 Å². The number of aliphatic hydroxyl groups excluding tert-OH is 1. The molecule has 0 spiro atoms. The van der Waals surface area contributed by atoms with Crippen LogP contribution in [0.5, 0.6) is 17.2 Å². The first-order valence-corrected chi connectivity index (χ1v) is 6.12. The molecule has 1 aromatic rings. The van der Waals surface area contributed by atoms with Gasteiger partial charge in [-0.15, -0.1) is 0 Å². The lowest BCUT2D eigenvalue weighted by Crippen LogP contribution is -2.37. The van der Waals surface area contributed by atoms with E-state index in [1.54, 1.807) is 0 Å². The van der Waals surface area contributed by atoms with Gasteiger partial charge in [0.2, 0.25) is 12.5 Å². The fourth-order valence-corrected chi connectivity index (χ4v) is 1.86. The lowest BCUT2D eigenvalue weighted by Gasteiger charge is -2.21. The van der Waals surface area contributed by atoms with Crippen molar-refractivity contribution in [3.05, 3.63) is 17.7 Å². The number of ether oxygens (including phenoxy) is 4. The van der Waals surface area contributed by atoms with Crippen molar-refractivity contribution in [1.29, 1.82) is 0 Å². The van der Waals surface area contributed by atoms with Crippen molar-refractivity contribution in [1.82, 2.24) is 0 Å². The highest BCUT2D eigenvalue weighted by Gasteiger charge is 2.49. The van der Waals surface area contributed by atoms with E-state index in [2.05, 4.69) is 4.74 Å². The van der Waals surface area contributed by atoms with Crippen molar-refractivity contribution < 1.29 is 37.6 Å². The van der Waals surface area contributed by atoms with Gasteiger partial charge in [-0.3, -0.25) is 0 Å². The minimum Gasteiger partial charge on any atom is -0.493 e. The lowest BCUT2D eigenvalue weighted by molar-refractivity contribution is -0.189. The summed E-state index contributed by atoms with van der Waals surface area (Å²) >= 11 is 0. The highest BCUT2D eigenvalue weighted by Crippen LogP contribution is 2.45. The number of aliphatic hydroxyl groups is 1. The summed E-state index contributed by atoms with van der Waals surface area (Å²) in [6, 6.07) is 2.33. The molecule has 1 atom stereocenters. The van der Waals surface area contributed by atoms with Crippen LogP contribution in [-0.4, -0.2) is 37.5 Å². The quantitative estimate of drug-likeness (QED) is 0.834. The van der Waals surface area contributed by atoms with Gasteiger partial charge >= 0.3 is 11.9 Å². The molecule has 2 rings (SSSR count). The van der Waals surface area contributed by atoms with Crippen LogP contribution < -0.4 is 14.2 Å². The molecule has 0 aromatic heterocycles. The zero-order valence-corrected chi connectivity index (χ0v) is 11.4. The van der Waals surface area contributed by atoms with Gasteiger partial charge in [0.1, 0.15) is 0 Å². The second-order valence-corrected chi connectivity index (χ2v) is 4.20. The van der Waals surface area contributed by atoms with E-state index < -0.39 is 18.0 Å². The Morgan fingerprint density at radius 1 is 1.48 bits per heavy atom. The van der Waals surface area contributed by atoms with Crippen LogP contribution in [0.3, 0.4) is 0 Å². The summed E-state index contributed by atoms with van der Waals surface area (Å²) in [5.74, 6) is -5.35. The van der Waals surface area contributed by atoms with E-state index in [1.165, 1.54) is 20.1 Å². The van der Waals surface area contributed by atoms with Gasteiger partial charge in [0.05, 0.1) is 13.7 Å². The number of halogens is 2. The minimum absolute atomic E-state index is 0.0838. The normalized spacial score (nSPS) is 14.7. The number of methoxy groups -OCH3 is 1. The van der Waals surface area contributed by atoms with Crippen molar-refractivity contribution in [2.24, 2.45) is 0 Å². The fourth-order valence-electron chi connectivity index (χ4n) is 1.86. The van der Waals surface area contributed by atoms with Crippen molar-refractivity contribution in [2.45, 2.75) is 19.0 Å². The number of hydrogen-bond donors (Lipinski definition) is 1. The van der Waals surface area contributed by atoms with E-state index in [4.69, 9.17) is 14.2 Å². The van der Waals surface area contributed by atoms with E-state index >= 15 is 0 Å². The van der Waals surface area contributed by atoms with E-state index in [-0.39, 0.29) is 36.2 Å². The molecular formula is C13H14F2O6. The molecule has 0 radical (unpaired) electrons. The summed E-state index contributed by atoms with van der Waals surface area (Å²) in [6.07, 6.45) is -2.39. The molecule has 1 aromatic carbocycles. The Morgan fingerprint density at radius 2 is 2.19 bits per heavy atom. The first-order valence-electron chi connectivity index (χ1n) is 6.12. The highest BCUT2D eigenvalue weighted by molar-refractivity contribution is 5.78. The van der Waals surface area contributed by atoms with E-state index in [9.17, 15) is 18.7 Å². The molecule has 1 N–H and O–H groups in total. The van der Waals surface area contributed by atoms with Crippen LogP contribution >= 0.6 is 0 Å². The molecule has 0 fully saturated rings. The summed E-state index contributed by atoms with van der Waals surface area (Å²) in [4.78, 5) is 11.2. The maximum atomic E-state index is 13.8. The molecule has 116 valence electrons. The Kier molecular flexibility index (Phi) is 4.17. The molecule has 8 heteroatoms. The Balaban J connectivity index is 2.35. The van der Waals surface area contributed by atoms with Gasteiger partial charge in [-0.1, -0.05) is 0 Å². The Bertz CT molecular complexity index is 546. The molecule has 0 bridgehead atoms. The smallest absolute Gasteiger partial charge is 0.380 e. The Morgan fingerprint density at radius 3 is 2.81 bits per heavy atom. The van der Waals surface area contributed by atoms with Gasteiger partial charge in [0.15, 0.2) is 17.6 Å². The third-order valence-corrected chi connectivity index (χ3v) is 2.89. The first-order chi connectivity index (χ1) is 9.91. The average Bonchev–Trinajstić information content (AvgIpc) is 2.93. The van der Waals surface area contributed by atoms with Gasteiger partial charge in [0, 0.05) is 0 Å². The number of rotatable bonds is 5. The zero-order chi connectivity index (χ0) is 15.6. The molecule has 0 saturated carbocycles. The predicted molar refractivity (Wildman–Crippen MR) is 65.7 cm³/mol. The van der Waals surface area contributed by atoms with Gasteiger partial charge < -0.3 is 24.1 Å². The summed E-state index contributed by atoms with van der Waals surface area (Å²) < 4.78 is 47.1. The van der Waals surface area contributed by atoms with Crippen LogP contribution in [-0.2, 0) is 9.53 Å². The lowest BCUT2D eigenvalue weighted by atomic mass is 10.0. The molecule has 0 aliphatic carbocycles. The van der Waals surface area contributed by atoms with E-state index in [1.807, 2.05) is 0 Å². The molecule has 1 aliphatic rings. The van der Waals surface area contributed by atoms with Gasteiger partial charge in [-0.25, -0.2) is 4.79 Å². The average molecular weight is 304 g/mol. The molecule has 1 heterocycles. The SMILES string of the molecule is CCOC(=O)C(F)(F)C(O)c1cc(OC)c2c(c1)OCO2. The zero-order valence-electron chi connectivity index (χ0n) is 11.4. The van der Waals surface area contributed by atoms with E-state index in [0.717, 1.165) is 6.07 Å². The van der Waals surface area contributed by atoms with Crippen LogP contribution in [0, 0.1) is 0 Å². The number of benzene rings is 1. The predicted octanol–water partition coefficient (Wildman–Crippen LogP) is 1.66. The largest absolute Gasteiger partial charge is 0.493 e. The standard InChI is InChI=1S/C13H14F2O6/c1-3-19-12(17)13(14,15)11(16)7-4-8(18-2)10-9(5-7)20-6-21-10/h4-5,11,16H,3,6H2,1-2H3. The van der Waals surface area contributed by atoms with Gasteiger partial charge in [-0.05, 0) is 24.6 Å². The first kappa shape index (κ1) is 15.3. The molecule has 0 saturated heterocycles. The number of hydrogen-bond acceptors (Lipinski definition) is 6. The maximum absolute atomic E-state index is 13.8. The van der Waals surface area contributed by atoms with Crippen LogP contribution in [0.4, 0.5) is 8.78 Å². The molecule has 1 aliphatic heterocycles. The second kappa shape index (κ2) is 5.72. The fraction of sp³-hybridized carbons (Fsp3) is 0.462. The number of fused-ring (bicyclic) bond motifs is 1. The van der Waals surface area contributed by atoms with Crippen molar-refractivity contribution in [3.63, 3.8) is 0 Å². The van der Waals surface area contributed by atoms with E-state index in [0.29, 0.717) is 0 Å². The maximum Gasteiger partial charge on any atom is 0.380 e. The summed E-state index contributed by atoms with van der Waals surface area (Å²) in [5, 5.41) is 9.79.